The van der Waals surface area contributed by atoms with Crippen molar-refractivity contribution in [3.63, 3.8) is 0 Å². The van der Waals surface area contributed by atoms with Crippen LogP contribution in [0.15, 0.2) is 0 Å². The van der Waals surface area contributed by atoms with Crippen molar-refractivity contribution >= 4 is 28.1 Å². The van der Waals surface area contributed by atoms with E-state index in [0.717, 1.165) is 38.5 Å². The molecule has 0 heterocycles. The average Bonchev–Trinajstić information content (AvgIpc) is 2.38. The van der Waals surface area contributed by atoms with E-state index in [4.69, 9.17) is 8.37 Å². The molecule has 21 heavy (non-hydrogen) atoms. The molecule has 124 valence electrons. The zero-order valence-electron chi connectivity index (χ0n) is 11.9. The topological polar surface area (TPSA) is 86.7 Å². The van der Waals surface area contributed by atoms with Gasteiger partial charge >= 0.3 is 18.3 Å². The summed E-state index contributed by atoms with van der Waals surface area (Å²) in [5.41, 5.74) is 0. The molecule has 2 rings (SSSR count). The van der Waals surface area contributed by atoms with Gasteiger partial charge in [0, 0.05) is 0 Å². The van der Waals surface area contributed by atoms with Crippen molar-refractivity contribution in [1.82, 2.24) is 0 Å². The van der Waals surface area contributed by atoms with Crippen molar-refractivity contribution in [2.24, 2.45) is 0 Å². The summed E-state index contributed by atoms with van der Waals surface area (Å²) in [6.07, 6.45) is 7.60. The summed E-state index contributed by atoms with van der Waals surface area (Å²) in [7, 11) is -8.58. The molecular formula is C12H22O6S3. The van der Waals surface area contributed by atoms with Gasteiger partial charge in [-0.2, -0.15) is 16.8 Å². The highest BCUT2D eigenvalue weighted by molar-refractivity contribution is 9.02. The second kappa shape index (κ2) is 7.63. The first-order valence-corrected chi connectivity index (χ1v) is 12.1. The van der Waals surface area contributed by atoms with Crippen molar-refractivity contribution in [1.29, 1.82) is 0 Å². The Kier molecular flexibility index (Phi) is 6.37. The van der Waals surface area contributed by atoms with Gasteiger partial charge in [0.2, 0.25) is 0 Å². The monoisotopic (exact) mass is 358 g/mol. The molecule has 0 aromatic rings. The molecule has 2 aliphatic carbocycles. The van der Waals surface area contributed by atoms with E-state index in [2.05, 4.69) is 0 Å². The van der Waals surface area contributed by atoms with Gasteiger partial charge in [0.25, 0.3) is 0 Å². The maximum atomic E-state index is 11.8. The summed E-state index contributed by atoms with van der Waals surface area (Å²) in [4.78, 5) is 0. The predicted molar refractivity (Wildman–Crippen MR) is 81.3 cm³/mol. The van der Waals surface area contributed by atoms with Gasteiger partial charge in [0.15, 0.2) is 9.83 Å². The van der Waals surface area contributed by atoms with Gasteiger partial charge in [-0.25, -0.2) is 0 Å². The van der Waals surface area contributed by atoms with Gasteiger partial charge in [-0.05, 0) is 25.7 Å². The second-order valence-corrected chi connectivity index (χ2v) is 11.8. The van der Waals surface area contributed by atoms with Gasteiger partial charge in [-0.15, -0.1) is 0 Å². The lowest BCUT2D eigenvalue weighted by atomic mass is 9.98. The van der Waals surface area contributed by atoms with Crippen LogP contribution in [-0.2, 0) is 26.7 Å². The maximum Gasteiger partial charge on any atom is 0.339 e. The molecule has 6 nitrogen and oxygen atoms in total. The van der Waals surface area contributed by atoms with Crippen LogP contribution in [0.4, 0.5) is 0 Å². The van der Waals surface area contributed by atoms with E-state index >= 15 is 0 Å². The summed E-state index contributed by atoms with van der Waals surface area (Å²) in [5, 5.41) is 0. The molecule has 9 heteroatoms. The first-order valence-electron chi connectivity index (χ1n) is 7.44. The van der Waals surface area contributed by atoms with Crippen molar-refractivity contribution in [2.45, 2.75) is 76.4 Å². The van der Waals surface area contributed by atoms with Crippen LogP contribution in [0, 0.1) is 0 Å². The minimum Gasteiger partial charge on any atom is -0.258 e. The van der Waals surface area contributed by atoms with Crippen LogP contribution in [-0.4, -0.2) is 29.0 Å². The van der Waals surface area contributed by atoms with Gasteiger partial charge in [0.1, 0.15) is 0 Å². The van der Waals surface area contributed by atoms with E-state index in [1.54, 1.807) is 0 Å². The van der Waals surface area contributed by atoms with Crippen molar-refractivity contribution < 1.29 is 25.2 Å². The molecule has 0 atom stereocenters. The Balaban J connectivity index is 1.87. The number of hydrogen-bond acceptors (Lipinski definition) is 7. The van der Waals surface area contributed by atoms with Crippen LogP contribution >= 0.6 is 9.83 Å². The predicted octanol–water partition coefficient (Wildman–Crippen LogP) is 2.91. The Morgan fingerprint density at radius 2 is 0.952 bits per heavy atom. The molecule has 0 bridgehead atoms. The van der Waals surface area contributed by atoms with Crippen molar-refractivity contribution in [2.75, 3.05) is 0 Å². The van der Waals surface area contributed by atoms with Crippen LogP contribution in [0.25, 0.3) is 0 Å². The summed E-state index contributed by atoms with van der Waals surface area (Å²) >= 11 is 0. The molecule has 0 spiro atoms. The highest BCUT2D eigenvalue weighted by Crippen LogP contribution is 2.32. The molecule has 0 saturated heterocycles. The molecule has 2 saturated carbocycles. The van der Waals surface area contributed by atoms with E-state index in [-0.39, 0.29) is 9.83 Å². The quantitative estimate of drug-likeness (QED) is 0.675. The molecule has 2 fully saturated rings. The van der Waals surface area contributed by atoms with Crippen molar-refractivity contribution in [3.05, 3.63) is 0 Å². The van der Waals surface area contributed by atoms with Crippen LogP contribution in [0.3, 0.4) is 0 Å². The molecule has 0 amide bonds. The third-order valence-corrected chi connectivity index (χ3v) is 9.60. The molecular weight excluding hydrogens is 336 g/mol. The summed E-state index contributed by atoms with van der Waals surface area (Å²) in [6.45, 7) is 0. The molecule has 0 aromatic heterocycles. The molecule has 0 aromatic carbocycles. The smallest absolute Gasteiger partial charge is 0.258 e. The average molecular weight is 359 g/mol. The molecule has 0 N–H and O–H groups in total. The van der Waals surface area contributed by atoms with E-state index in [9.17, 15) is 16.8 Å². The first kappa shape index (κ1) is 17.5. The zero-order valence-corrected chi connectivity index (χ0v) is 14.3. The van der Waals surface area contributed by atoms with Crippen LogP contribution in [0.5, 0.6) is 0 Å². The lowest BCUT2D eigenvalue weighted by Crippen LogP contribution is -2.23. The van der Waals surface area contributed by atoms with Crippen LogP contribution in [0.1, 0.15) is 64.2 Å². The Morgan fingerprint density at radius 1 is 0.619 bits per heavy atom. The Morgan fingerprint density at radius 3 is 1.29 bits per heavy atom. The van der Waals surface area contributed by atoms with Gasteiger partial charge in [0.05, 0.1) is 12.2 Å². The Hall–Kier alpha value is 0.170. The molecule has 2 aliphatic rings. The summed E-state index contributed by atoms with van der Waals surface area (Å²) < 4.78 is 57.3. The lowest BCUT2D eigenvalue weighted by Gasteiger charge is -2.22. The highest BCUT2D eigenvalue weighted by Gasteiger charge is 2.32. The maximum absolute atomic E-state index is 11.8. The largest absolute Gasteiger partial charge is 0.339 e. The fourth-order valence-electron chi connectivity index (χ4n) is 2.79. The minimum atomic E-state index is -4.19. The Labute approximate surface area is 130 Å². The van der Waals surface area contributed by atoms with E-state index in [1.807, 2.05) is 0 Å². The third-order valence-electron chi connectivity index (χ3n) is 3.78. The van der Waals surface area contributed by atoms with Gasteiger partial charge < -0.3 is 0 Å². The molecule has 0 unspecified atom stereocenters. The van der Waals surface area contributed by atoms with Gasteiger partial charge in [-0.3, -0.25) is 8.37 Å². The third kappa shape index (κ3) is 6.43. The standard InChI is InChI=1S/C12H22O6S3/c13-20(14,17-11-7-3-1-4-8-11)19-21(15,16)18-12-9-5-2-6-10-12/h11-12H,1-10H2. The van der Waals surface area contributed by atoms with E-state index in [0.29, 0.717) is 25.7 Å². The summed E-state index contributed by atoms with van der Waals surface area (Å²) in [6, 6.07) is 0. The van der Waals surface area contributed by atoms with E-state index < -0.39 is 30.5 Å². The normalized spacial score (nSPS) is 23.2. The lowest BCUT2D eigenvalue weighted by molar-refractivity contribution is 0.166. The fourth-order valence-corrected chi connectivity index (χ4v) is 8.00. The highest BCUT2D eigenvalue weighted by atomic mass is 33.5. The SMILES string of the molecule is O=S(=O)(OC1CCCCC1)SS(=O)(=O)OC1CCCCC1. The van der Waals surface area contributed by atoms with Crippen LogP contribution in [0.2, 0.25) is 0 Å². The van der Waals surface area contributed by atoms with Gasteiger partial charge in [-0.1, -0.05) is 38.5 Å². The molecule has 0 aliphatic heterocycles. The second-order valence-electron chi connectivity index (χ2n) is 5.60. The van der Waals surface area contributed by atoms with E-state index in [1.165, 1.54) is 0 Å². The summed E-state index contributed by atoms with van der Waals surface area (Å²) in [5.74, 6) is 0. The number of hydrogen-bond donors (Lipinski definition) is 0. The van der Waals surface area contributed by atoms with Crippen LogP contribution < -0.4 is 0 Å². The zero-order chi connectivity index (χ0) is 15.3. The fraction of sp³-hybridized carbons (Fsp3) is 1.00. The van der Waals surface area contributed by atoms with Crippen molar-refractivity contribution in [3.8, 4) is 0 Å². The molecule has 0 radical (unpaired) electrons. The number of rotatable bonds is 6. The minimum absolute atomic E-state index is 0.209. The first-order chi connectivity index (χ1) is 9.86. The Bertz CT molecular complexity index is 467.